The number of ether oxygens (including phenoxy) is 1. The first kappa shape index (κ1) is 39.9. The van der Waals surface area contributed by atoms with Crippen molar-refractivity contribution in [2.24, 2.45) is 0 Å². The summed E-state index contributed by atoms with van der Waals surface area (Å²) in [6, 6.07) is 18.0. The molecule has 2 heterocycles. The molecule has 0 saturated heterocycles. The molecule has 2 aromatic carbocycles. The van der Waals surface area contributed by atoms with E-state index in [2.05, 4.69) is 8.83 Å². The van der Waals surface area contributed by atoms with Gasteiger partial charge in [0.1, 0.15) is 12.4 Å². The summed E-state index contributed by atoms with van der Waals surface area (Å²) >= 11 is 0. The first-order valence-corrected chi connectivity index (χ1v) is 17.6. The third kappa shape index (κ3) is 9.59. The second kappa shape index (κ2) is 16.0. The van der Waals surface area contributed by atoms with Crippen LogP contribution >= 0.6 is 0 Å². The highest BCUT2D eigenvalue weighted by Gasteiger charge is 2.46. The van der Waals surface area contributed by atoms with Crippen LogP contribution in [0.4, 0.5) is 26.3 Å². The molecule has 0 fully saturated rings. The zero-order chi connectivity index (χ0) is 37.6. The highest BCUT2D eigenvalue weighted by molar-refractivity contribution is 6.77. The molecule has 0 spiro atoms. The van der Waals surface area contributed by atoms with Crippen molar-refractivity contribution in [2.45, 2.75) is 83.7 Å². The fraction of sp³-hybridized carbons (Fsp3) is 0.371. The highest BCUT2D eigenvalue weighted by Crippen LogP contribution is 2.44. The summed E-state index contributed by atoms with van der Waals surface area (Å²) in [7, 11) is -2.37. The van der Waals surface area contributed by atoms with Gasteiger partial charge in [0.2, 0.25) is 31.4 Å². The Morgan fingerprint density at radius 3 is 1.52 bits per heavy atom. The van der Waals surface area contributed by atoms with Crippen molar-refractivity contribution >= 4 is 20.3 Å². The van der Waals surface area contributed by atoms with Crippen LogP contribution in [0.15, 0.2) is 75.6 Å². The van der Waals surface area contributed by atoms with Crippen molar-refractivity contribution in [1.82, 2.24) is 0 Å². The van der Waals surface area contributed by atoms with Crippen LogP contribution < -0.4 is 4.74 Å². The molecule has 4 rings (SSSR count). The Morgan fingerprint density at radius 2 is 1.10 bits per heavy atom. The van der Waals surface area contributed by atoms with Gasteiger partial charge in [0.25, 0.3) is 0 Å². The Balaban J connectivity index is 0.000000272. The fourth-order valence-electron chi connectivity index (χ4n) is 6.02. The third-order valence-electron chi connectivity index (χ3n) is 8.07. The lowest BCUT2D eigenvalue weighted by Gasteiger charge is -2.42. The largest absolute Gasteiger partial charge is 0.489 e. The molecule has 0 saturated carbocycles. The molecular weight excluding hydrogens is 690 g/mol. The first-order chi connectivity index (χ1) is 23.2. The van der Waals surface area contributed by atoms with Crippen molar-refractivity contribution in [2.75, 3.05) is 0 Å². The lowest BCUT2D eigenvalue weighted by molar-refractivity contribution is -0.155. The zero-order valence-electron chi connectivity index (χ0n) is 28.1. The number of furan rings is 2. The number of alkyl halides is 6. The molecule has 0 aliphatic carbocycles. The van der Waals surface area contributed by atoms with Gasteiger partial charge in [0, 0.05) is 11.1 Å². The van der Waals surface area contributed by atoms with Crippen LogP contribution in [0.25, 0.3) is 11.1 Å². The molecule has 0 aliphatic rings. The number of aromatic carboxylic acids is 2. The Labute approximate surface area is 285 Å². The topological polar surface area (TPSA) is 119 Å². The molecule has 4 aromatic rings. The van der Waals surface area contributed by atoms with Crippen molar-refractivity contribution in [3.63, 3.8) is 0 Å². The van der Waals surface area contributed by atoms with Gasteiger partial charge in [-0.25, -0.2) is 9.59 Å². The number of carboxylic acid groups (broad SMARTS) is 2. The van der Waals surface area contributed by atoms with Gasteiger partial charge >= 0.3 is 24.3 Å². The second-order valence-corrected chi connectivity index (χ2v) is 17.8. The average Bonchev–Trinajstić information content (AvgIpc) is 3.67. The summed E-state index contributed by atoms with van der Waals surface area (Å²) < 4.78 is 98.7. The zero-order valence-corrected chi connectivity index (χ0v) is 29.1. The maximum absolute atomic E-state index is 13.1. The lowest BCUT2D eigenvalue weighted by atomic mass is 10.1. The number of rotatable bonds is 12. The Hall–Kier alpha value is -4.50. The van der Waals surface area contributed by atoms with E-state index in [1.54, 1.807) is 18.2 Å². The molecule has 50 heavy (non-hydrogen) atoms. The number of carboxylic acids is 2. The number of halogens is 6. The predicted molar refractivity (Wildman–Crippen MR) is 173 cm³/mol. The molecule has 0 aliphatic heterocycles. The van der Waals surface area contributed by atoms with Gasteiger partial charge in [-0.15, -0.1) is 0 Å². The van der Waals surface area contributed by atoms with Crippen molar-refractivity contribution in [3.8, 4) is 16.9 Å². The number of benzene rings is 2. The summed E-state index contributed by atoms with van der Waals surface area (Å²) in [6.45, 7) is 11.4. The van der Waals surface area contributed by atoms with Gasteiger partial charge in [-0.05, 0) is 52.0 Å². The average molecular weight is 729 g/mol. The quantitative estimate of drug-likeness (QED) is 0.109. The minimum Gasteiger partial charge on any atom is -0.489 e. The van der Waals surface area contributed by atoms with E-state index < -0.39 is 62.3 Å². The molecule has 272 valence electrons. The van der Waals surface area contributed by atoms with Gasteiger partial charge in [-0.1, -0.05) is 84.0 Å². The standard InChI is InChI=1S/C19H13F3O4.C16H25F3O4Si/c20-19(21,22)17-14(10-16(26-17)18(23)24)11-25-15-8-4-7-13(9-15)12-5-2-1-3-6-12;1-9(2)24(10(3)4,11(5)6)22-8-12-7-13(15(20)21)23-14(12)16(17,18)19/h1-10H,11H2,(H,23,24);7,9-11H,8H2,1-6H3,(H,20,21). The molecule has 2 N–H and O–H groups in total. The van der Waals surface area contributed by atoms with E-state index in [9.17, 15) is 35.9 Å². The van der Waals surface area contributed by atoms with Crippen LogP contribution in [-0.4, -0.2) is 30.5 Å². The minimum absolute atomic E-state index is 0.206. The van der Waals surface area contributed by atoms with Gasteiger partial charge in [0.15, 0.2) is 0 Å². The van der Waals surface area contributed by atoms with Gasteiger partial charge in [0.05, 0.1) is 6.61 Å². The van der Waals surface area contributed by atoms with E-state index in [-0.39, 0.29) is 34.4 Å². The molecule has 0 atom stereocenters. The number of carbonyl (C=O) groups is 2. The SMILES string of the molecule is CC(C)[Si](OCc1cc(C(=O)O)oc1C(F)(F)F)(C(C)C)C(C)C.O=C(O)c1cc(COc2cccc(-c3ccccc3)c2)c(C(F)(F)F)o1. The lowest BCUT2D eigenvalue weighted by Crippen LogP contribution is -2.47. The van der Waals surface area contributed by atoms with Crippen LogP contribution in [0, 0.1) is 0 Å². The highest BCUT2D eigenvalue weighted by atomic mass is 28.4. The van der Waals surface area contributed by atoms with Crippen LogP contribution in [0.3, 0.4) is 0 Å². The maximum Gasteiger partial charge on any atom is 0.449 e. The Morgan fingerprint density at radius 1 is 0.660 bits per heavy atom. The van der Waals surface area contributed by atoms with Crippen LogP contribution in [-0.2, 0) is 30.0 Å². The van der Waals surface area contributed by atoms with E-state index in [0.29, 0.717) is 5.75 Å². The monoisotopic (exact) mass is 728 g/mol. The van der Waals surface area contributed by atoms with E-state index in [1.807, 2.05) is 77.9 Å². The summed E-state index contributed by atoms with van der Waals surface area (Å²) in [5.41, 5.74) is 1.76. The van der Waals surface area contributed by atoms with Crippen LogP contribution in [0.5, 0.6) is 5.75 Å². The Bertz CT molecular complexity index is 1720. The molecule has 8 nitrogen and oxygen atoms in total. The Kier molecular flexibility index (Phi) is 12.8. The fourth-order valence-corrected chi connectivity index (χ4v) is 11.4. The molecule has 0 amide bonds. The van der Waals surface area contributed by atoms with Crippen LogP contribution in [0.2, 0.25) is 16.6 Å². The summed E-state index contributed by atoms with van der Waals surface area (Å²) in [5.74, 6) is -6.92. The van der Waals surface area contributed by atoms with E-state index >= 15 is 0 Å². The summed E-state index contributed by atoms with van der Waals surface area (Å²) in [6.07, 6.45) is -9.57. The molecule has 0 radical (unpaired) electrons. The van der Waals surface area contributed by atoms with E-state index in [4.69, 9.17) is 19.4 Å². The molecule has 2 aromatic heterocycles. The third-order valence-corrected chi connectivity index (χ3v) is 14.1. The smallest absolute Gasteiger partial charge is 0.449 e. The second-order valence-electron chi connectivity index (χ2n) is 12.3. The molecule has 0 bridgehead atoms. The summed E-state index contributed by atoms with van der Waals surface area (Å²) in [5, 5.41) is 17.7. The van der Waals surface area contributed by atoms with Crippen molar-refractivity contribution < 1.29 is 64.1 Å². The van der Waals surface area contributed by atoms with Gasteiger partial charge in [-0.2, -0.15) is 26.3 Å². The number of hydrogen-bond donors (Lipinski definition) is 2. The minimum atomic E-state index is -4.81. The van der Waals surface area contributed by atoms with E-state index in [0.717, 1.165) is 23.3 Å². The normalized spacial score (nSPS) is 12.3. The van der Waals surface area contributed by atoms with Crippen LogP contribution in [0.1, 0.15) is 85.3 Å². The predicted octanol–water partition coefficient (Wildman–Crippen LogP) is 10.9. The van der Waals surface area contributed by atoms with Crippen molar-refractivity contribution in [3.05, 3.63) is 101 Å². The van der Waals surface area contributed by atoms with Gasteiger partial charge < -0.3 is 28.2 Å². The molecule has 0 unspecified atom stereocenters. The first-order valence-electron chi connectivity index (χ1n) is 15.5. The number of hydrogen-bond acceptors (Lipinski definition) is 6. The van der Waals surface area contributed by atoms with Crippen molar-refractivity contribution in [1.29, 1.82) is 0 Å². The maximum atomic E-state index is 13.1. The summed E-state index contributed by atoms with van der Waals surface area (Å²) in [4.78, 5) is 21.8. The van der Waals surface area contributed by atoms with E-state index in [1.165, 1.54) is 0 Å². The van der Waals surface area contributed by atoms with Gasteiger partial charge in [-0.3, -0.25) is 0 Å². The molecule has 15 heteroatoms. The molecular formula is C35H38F6O8Si.